The number of ketones is 1. The molecule has 0 radical (unpaired) electrons. The Morgan fingerprint density at radius 1 is 1.11 bits per heavy atom. The van der Waals surface area contributed by atoms with Crippen LogP contribution in [0, 0.1) is 17.8 Å². The minimum atomic E-state index is -0.0973. The highest BCUT2D eigenvalue weighted by Gasteiger charge is 2.34. The van der Waals surface area contributed by atoms with Gasteiger partial charge in [0.15, 0.2) is 5.78 Å². The van der Waals surface area contributed by atoms with Gasteiger partial charge in [0.25, 0.3) is 0 Å². The lowest BCUT2D eigenvalue weighted by Gasteiger charge is -2.37. The largest absolute Gasteiger partial charge is 0.303 e. The maximum absolute atomic E-state index is 12.4. The van der Waals surface area contributed by atoms with Gasteiger partial charge in [-0.2, -0.15) is 0 Å². The van der Waals surface area contributed by atoms with Gasteiger partial charge in [0.05, 0.1) is 6.04 Å². The van der Waals surface area contributed by atoms with E-state index < -0.39 is 0 Å². The molecule has 0 spiro atoms. The van der Waals surface area contributed by atoms with Crippen LogP contribution >= 0.6 is 0 Å². The van der Waals surface area contributed by atoms with Crippen molar-refractivity contribution < 1.29 is 9.59 Å². The van der Waals surface area contributed by atoms with Crippen LogP contribution in [0.3, 0.4) is 0 Å². The number of nitrogens with zero attached hydrogens (tertiary/aromatic N) is 1. The van der Waals surface area contributed by atoms with Crippen molar-refractivity contribution in [2.24, 2.45) is 17.8 Å². The molecule has 0 heterocycles. The molecule has 0 unspecified atom stereocenters. The molecule has 0 aliphatic rings. The maximum atomic E-state index is 12.4. The van der Waals surface area contributed by atoms with Crippen LogP contribution in [0.25, 0.3) is 0 Å². The SMILES string of the molecule is CC(C)C(=O)[C@H]([C@H](C)[C@H](C)CC=O)N(C)C(C)C. The highest BCUT2D eigenvalue weighted by atomic mass is 16.1. The molecule has 0 aromatic rings. The van der Waals surface area contributed by atoms with Crippen molar-refractivity contribution in [2.45, 2.75) is 60.0 Å². The summed E-state index contributed by atoms with van der Waals surface area (Å²) in [6.07, 6.45) is 1.47. The van der Waals surface area contributed by atoms with Gasteiger partial charge >= 0.3 is 0 Å². The van der Waals surface area contributed by atoms with Crippen molar-refractivity contribution in [3.63, 3.8) is 0 Å². The van der Waals surface area contributed by atoms with E-state index in [4.69, 9.17) is 0 Å². The highest BCUT2D eigenvalue weighted by Crippen LogP contribution is 2.25. The van der Waals surface area contributed by atoms with Gasteiger partial charge in [-0.1, -0.05) is 27.7 Å². The van der Waals surface area contributed by atoms with Crippen molar-refractivity contribution in [2.75, 3.05) is 7.05 Å². The fraction of sp³-hybridized carbons (Fsp3) is 0.867. The Hall–Kier alpha value is -0.700. The fourth-order valence-corrected chi connectivity index (χ4v) is 2.17. The Labute approximate surface area is 112 Å². The van der Waals surface area contributed by atoms with E-state index in [1.54, 1.807) is 0 Å². The fourth-order valence-electron chi connectivity index (χ4n) is 2.17. The van der Waals surface area contributed by atoms with E-state index in [0.29, 0.717) is 12.5 Å². The van der Waals surface area contributed by atoms with Gasteiger partial charge in [0.1, 0.15) is 6.29 Å². The number of aldehydes is 1. The molecule has 0 N–H and O–H groups in total. The second-order valence-corrected chi connectivity index (χ2v) is 6.00. The quantitative estimate of drug-likeness (QED) is 0.626. The molecule has 3 heteroatoms. The molecule has 0 aliphatic carbocycles. The van der Waals surface area contributed by atoms with Crippen molar-refractivity contribution in [1.29, 1.82) is 0 Å². The zero-order valence-electron chi connectivity index (χ0n) is 12.9. The second-order valence-electron chi connectivity index (χ2n) is 6.00. The number of Topliss-reactive ketones (excluding diaryl/α,β-unsaturated/α-hetero) is 1. The van der Waals surface area contributed by atoms with E-state index in [1.807, 2.05) is 27.8 Å². The van der Waals surface area contributed by atoms with E-state index in [0.717, 1.165) is 6.29 Å². The van der Waals surface area contributed by atoms with Crippen LogP contribution in [0.5, 0.6) is 0 Å². The van der Waals surface area contributed by atoms with Crippen LogP contribution in [0.2, 0.25) is 0 Å². The van der Waals surface area contributed by atoms with Crippen LogP contribution in [0.1, 0.15) is 48.0 Å². The molecule has 18 heavy (non-hydrogen) atoms. The smallest absolute Gasteiger partial charge is 0.152 e. The lowest BCUT2D eigenvalue weighted by atomic mass is 9.81. The first-order valence-electron chi connectivity index (χ1n) is 6.93. The number of carbonyl (C=O) groups is 2. The summed E-state index contributed by atoms with van der Waals surface area (Å²) in [6, 6.07) is 0.225. The van der Waals surface area contributed by atoms with Crippen molar-refractivity contribution in [1.82, 2.24) is 4.90 Å². The molecule has 0 fully saturated rings. The zero-order chi connectivity index (χ0) is 14.5. The number of hydrogen-bond acceptors (Lipinski definition) is 3. The summed E-state index contributed by atoms with van der Waals surface area (Å²) >= 11 is 0. The van der Waals surface area contributed by atoms with E-state index in [-0.39, 0.29) is 29.6 Å². The Balaban J connectivity index is 5.08. The Kier molecular flexibility index (Phi) is 7.37. The molecule has 0 rings (SSSR count). The number of rotatable bonds is 8. The normalized spacial score (nSPS) is 17.0. The summed E-state index contributed by atoms with van der Waals surface area (Å²) in [5.74, 6) is 0.729. The molecule has 3 atom stereocenters. The first-order chi connectivity index (χ1) is 8.23. The minimum Gasteiger partial charge on any atom is -0.303 e. The van der Waals surface area contributed by atoms with Gasteiger partial charge in [-0.25, -0.2) is 0 Å². The van der Waals surface area contributed by atoms with Crippen molar-refractivity contribution in [3.05, 3.63) is 0 Å². The molecule has 0 amide bonds. The van der Waals surface area contributed by atoms with E-state index in [9.17, 15) is 9.59 Å². The van der Waals surface area contributed by atoms with Gasteiger partial charge in [-0.3, -0.25) is 9.69 Å². The third kappa shape index (κ3) is 4.52. The topological polar surface area (TPSA) is 37.4 Å². The first kappa shape index (κ1) is 17.3. The lowest BCUT2D eigenvalue weighted by Crippen LogP contribution is -2.49. The second kappa shape index (κ2) is 7.67. The predicted molar refractivity (Wildman–Crippen MR) is 75.5 cm³/mol. The highest BCUT2D eigenvalue weighted by molar-refractivity contribution is 5.86. The Morgan fingerprint density at radius 3 is 1.94 bits per heavy atom. The molecule has 0 bridgehead atoms. The number of hydrogen-bond donors (Lipinski definition) is 0. The summed E-state index contributed by atoms with van der Waals surface area (Å²) in [5.41, 5.74) is 0. The van der Waals surface area contributed by atoms with Crippen molar-refractivity contribution in [3.8, 4) is 0 Å². The third-order valence-corrected chi connectivity index (χ3v) is 3.98. The van der Waals surface area contributed by atoms with Crippen LogP contribution in [-0.2, 0) is 9.59 Å². The molecule has 106 valence electrons. The van der Waals surface area contributed by atoms with Gasteiger partial charge in [-0.15, -0.1) is 0 Å². The van der Waals surface area contributed by atoms with Crippen LogP contribution in [0.15, 0.2) is 0 Å². The van der Waals surface area contributed by atoms with Crippen LogP contribution in [-0.4, -0.2) is 36.1 Å². The molecule has 0 aromatic carbocycles. The average Bonchev–Trinajstić information content (AvgIpc) is 2.28. The Bertz CT molecular complexity index is 274. The van der Waals surface area contributed by atoms with E-state index in [2.05, 4.69) is 25.7 Å². The Morgan fingerprint density at radius 2 is 1.61 bits per heavy atom. The molecule has 3 nitrogen and oxygen atoms in total. The zero-order valence-corrected chi connectivity index (χ0v) is 12.9. The molecule has 0 saturated heterocycles. The average molecular weight is 255 g/mol. The summed E-state index contributed by atoms with van der Waals surface area (Å²) in [7, 11) is 2.00. The summed E-state index contributed by atoms with van der Waals surface area (Å²) < 4.78 is 0. The number of carbonyl (C=O) groups excluding carboxylic acids is 2. The van der Waals surface area contributed by atoms with Gasteiger partial charge < -0.3 is 4.79 Å². The van der Waals surface area contributed by atoms with Gasteiger partial charge in [0.2, 0.25) is 0 Å². The monoisotopic (exact) mass is 255 g/mol. The predicted octanol–water partition coefficient (Wildman–Crippen LogP) is 2.78. The van der Waals surface area contributed by atoms with E-state index in [1.165, 1.54) is 0 Å². The van der Waals surface area contributed by atoms with Crippen LogP contribution in [0.4, 0.5) is 0 Å². The van der Waals surface area contributed by atoms with Gasteiger partial charge in [-0.05, 0) is 32.7 Å². The van der Waals surface area contributed by atoms with Crippen LogP contribution < -0.4 is 0 Å². The summed E-state index contributed by atoms with van der Waals surface area (Å²) in [4.78, 5) is 25.2. The van der Waals surface area contributed by atoms with Crippen molar-refractivity contribution >= 4 is 12.1 Å². The molecule has 0 aliphatic heterocycles. The van der Waals surface area contributed by atoms with E-state index >= 15 is 0 Å². The lowest BCUT2D eigenvalue weighted by molar-refractivity contribution is -0.130. The standard InChI is InChI=1S/C15H29NO2/c1-10(2)15(18)14(16(7)11(3)4)13(6)12(5)8-9-17/h9-14H,8H2,1-7H3/t12-,13-,14+/m1/s1. The summed E-state index contributed by atoms with van der Waals surface area (Å²) in [5, 5.41) is 0. The molecule has 0 aromatic heterocycles. The van der Waals surface area contributed by atoms with Gasteiger partial charge in [0, 0.05) is 18.4 Å². The molecule has 0 saturated carbocycles. The maximum Gasteiger partial charge on any atom is 0.152 e. The summed E-state index contributed by atoms with van der Waals surface area (Å²) in [6.45, 7) is 12.2. The molecular formula is C15H29NO2. The minimum absolute atomic E-state index is 0.0297. The molecular weight excluding hydrogens is 226 g/mol. The first-order valence-corrected chi connectivity index (χ1v) is 6.93. The number of likely N-dealkylation sites (N-methyl/N-ethyl adjacent to an activating group) is 1. The third-order valence-electron chi connectivity index (χ3n) is 3.98.